The van der Waals surface area contributed by atoms with E-state index in [1.54, 1.807) is 23.1 Å². The molecule has 0 N–H and O–H groups in total. The lowest BCUT2D eigenvalue weighted by molar-refractivity contribution is 0.0916. The van der Waals surface area contributed by atoms with E-state index in [9.17, 15) is 4.79 Å². The van der Waals surface area contributed by atoms with Gasteiger partial charge in [-0.2, -0.15) is 0 Å². The Hall–Kier alpha value is -2.84. The molecular formula is C23H24N2O5S. The van der Waals surface area contributed by atoms with Crippen LogP contribution >= 0.6 is 11.3 Å². The van der Waals surface area contributed by atoms with Crippen LogP contribution in [0.15, 0.2) is 36.4 Å². The van der Waals surface area contributed by atoms with Gasteiger partial charge in [-0.25, -0.2) is 4.98 Å². The zero-order valence-electron chi connectivity index (χ0n) is 17.3. The number of carbonyl (C=O) groups is 1. The van der Waals surface area contributed by atoms with Crippen molar-refractivity contribution < 1.29 is 23.7 Å². The van der Waals surface area contributed by atoms with Crippen molar-refractivity contribution in [2.45, 2.75) is 25.9 Å². The van der Waals surface area contributed by atoms with E-state index in [4.69, 9.17) is 23.9 Å². The number of ether oxygens (including phenoxy) is 4. The number of fused-ring (bicyclic) bond motifs is 2. The van der Waals surface area contributed by atoms with Crippen LogP contribution in [0.4, 0.5) is 5.13 Å². The first-order valence-corrected chi connectivity index (χ1v) is 11.4. The lowest BCUT2D eigenvalue weighted by atomic mass is 10.1. The molecule has 0 spiro atoms. The fourth-order valence-electron chi connectivity index (χ4n) is 3.87. The Kier molecular flexibility index (Phi) is 5.65. The summed E-state index contributed by atoms with van der Waals surface area (Å²) in [4.78, 5) is 20.1. The van der Waals surface area contributed by atoms with Crippen molar-refractivity contribution in [1.29, 1.82) is 0 Å². The Morgan fingerprint density at radius 1 is 1.19 bits per heavy atom. The third-order valence-corrected chi connectivity index (χ3v) is 6.39. The minimum atomic E-state index is -0.135. The average molecular weight is 441 g/mol. The van der Waals surface area contributed by atoms with E-state index in [1.165, 1.54) is 11.3 Å². The summed E-state index contributed by atoms with van der Waals surface area (Å²) in [5.74, 6) is 1.85. The first-order valence-electron chi connectivity index (χ1n) is 10.6. The second kappa shape index (κ2) is 8.72. The van der Waals surface area contributed by atoms with Gasteiger partial charge in [0.15, 0.2) is 16.6 Å². The van der Waals surface area contributed by atoms with E-state index < -0.39 is 0 Å². The van der Waals surface area contributed by atoms with Gasteiger partial charge in [0.05, 0.1) is 24.0 Å². The molecule has 162 valence electrons. The van der Waals surface area contributed by atoms with Crippen LogP contribution in [-0.4, -0.2) is 50.0 Å². The molecule has 1 fully saturated rings. The molecule has 0 radical (unpaired) electrons. The summed E-state index contributed by atoms with van der Waals surface area (Å²) >= 11 is 1.48. The maximum Gasteiger partial charge on any atom is 0.260 e. The van der Waals surface area contributed by atoms with Gasteiger partial charge in [0, 0.05) is 12.2 Å². The highest BCUT2D eigenvalue weighted by molar-refractivity contribution is 7.22. The Balaban J connectivity index is 1.51. The molecule has 5 rings (SSSR count). The first-order chi connectivity index (χ1) is 15.2. The largest absolute Gasteiger partial charge is 0.492 e. The molecule has 1 saturated heterocycles. The number of hydrogen-bond acceptors (Lipinski definition) is 7. The number of thiazole rings is 1. The van der Waals surface area contributed by atoms with Crippen LogP contribution in [0, 0.1) is 0 Å². The fourth-order valence-corrected chi connectivity index (χ4v) is 4.86. The molecule has 0 saturated carbocycles. The van der Waals surface area contributed by atoms with Crippen molar-refractivity contribution in [2.75, 3.05) is 37.9 Å². The van der Waals surface area contributed by atoms with Crippen LogP contribution in [0.5, 0.6) is 17.2 Å². The predicted octanol–water partition coefficient (Wildman–Crippen LogP) is 4.29. The quantitative estimate of drug-likeness (QED) is 0.570. The van der Waals surface area contributed by atoms with Crippen LogP contribution in [0.1, 0.15) is 30.1 Å². The van der Waals surface area contributed by atoms with Crippen LogP contribution in [0.3, 0.4) is 0 Å². The van der Waals surface area contributed by atoms with E-state index in [-0.39, 0.29) is 12.0 Å². The summed E-state index contributed by atoms with van der Waals surface area (Å²) in [6.45, 7) is 4.67. The molecule has 2 aliphatic heterocycles. The van der Waals surface area contributed by atoms with Crippen molar-refractivity contribution in [1.82, 2.24) is 4.98 Å². The number of rotatable bonds is 6. The maximum absolute atomic E-state index is 13.6. The van der Waals surface area contributed by atoms with Gasteiger partial charge in [0.25, 0.3) is 5.91 Å². The third kappa shape index (κ3) is 4.05. The Morgan fingerprint density at radius 3 is 2.87 bits per heavy atom. The average Bonchev–Trinajstić information content (AvgIpc) is 3.47. The van der Waals surface area contributed by atoms with Gasteiger partial charge in [0.2, 0.25) is 0 Å². The number of benzene rings is 2. The molecule has 1 unspecified atom stereocenters. The van der Waals surface area contributed by atoms with E-state index >= 15 is 0 Å². The number of hydrogen-bond donors (Lipinski definition) is 0. The zero-order valence-corrected chi connectivity index (χ0v) is 18.2. The van der Waals surface area contributed by atoms with Gasteiger partial charge in [-0.1, -0.05) is 17.4 Å². The Labute approximate surface area is 184 Å². The molecule has 8 heteroatoms. The summed E-state index contributed by atoms with van der Waals surface area (Å²) in [6, 6.07) is 11.2. The smallest absolute Gasteiger partial charge is 0.260 e. The molecule has 3 aromatic rings. The molecule has 1 aromatic heterocycles. The van der Waals surface area contributed by atoms with Gasteiger partial charge in [0.1, 0.15) is 24.5 Å². The molecule has 0 bridgehead atoms. The molecule has 0 aliphatic carbocycles. The predicted molar refractivity (Wildman–Crippen MR) is 119 cm³/mol. The molecule has 7 nitrogen and oxygen atoms in total. The SMILES string of the molecule is CCOc1cccc2sc(N(CC3CCCO3)C(=O)c3ccc4c(c3)OCCO4)nc12. The van der Waals surface area contributed by atoms with Crippen molar-refractivity contribution in [3.05, 3.63) is 42.0 Å². The van der Waals surface area contributed by atoms with E-state index in [0.717, 1.165) is 35.4 Å². The highest BCUT2D eigenvalue weighted by Crippen LogP contribution is 2.36. The molecule has 2 aliphatic rings. The summed E-state index contributed by atoms with van der Waals surface area (Å²) in [6.07, 6.45) is 1.94. The second-order valence-electron chi connectivity index (χ2n) is 7.44. The monoisotopic (exact) mass is 440 g/mol. The van der Waals surface area contributed by atoms with Gasteiger partial charge >= 0.3 is 0 Å². The molecule has 2 aromatic carbocycles. The van der Waals surface area contributed by atoms with Gasteiger partial charge < -0.3 is 18.9 Å². The van der Waals surface area contributed by atoms with Gasteiger partial charge in [-0.05, 0) is 50.1 Å². The van der Waals surface area contributed by atoms with Crippen molar-refractivity contribution >= 4 is 32.6 Å². The number of amides is 1. The minimum Gasteiger partial charge on any atom is -0.492 e. The topological polar surface area (TPSA) is 70.1 Å². The van der Waals surface area contributed by atoms with E-state index in [2.05, 4.69) is 0 Å². The normalized spacial score (nSPS) is 17.6. The van der Waals surface area contributed by atoms with Gasteiger partial charge in [-0.3, -0.25) is 9.69 Å². The molecule has 3 heterocycles. The lowest BCUT2D eigenvalue weighted by Crippen LogP contribution is -2.37. The fraction of sp³-hybridized carbons (Fsp3) is 0.391. The zero-order chi connectivity index (χ0) is 21.2. The number of nitrogens with zero attached hydrogens (tertiary/aromatic N) is 2. The number of para-hydroxylation sites is 1. The Morgan fingerprint density at radius 2 is 2.06 bits per heavy atom. The molecule has 31 heavy (non-hydrogen) atoms. The lowest BCUT2D eigenvalue weighted by Gasteiger charge is -2.24. The highest BCUT2D eigenvalue weighted by Gasteiger charge is 2.28. The summed E-state index contributed by atoms with van der Waals surface area (Å²) < 4.78 is 23.8. The van der Waals surface area contributed by atoms with E-state index in [1.807, 2.05) is 25.1 Å². The maximum atomic E-state index is 13.6. The standard InChI is InChI=1S/C23H24N2O5S/c1-2-27-18-6-3-7-20-21(18)24-23(31-20)25(14-16-5-4-10-28-16)22(26)15-8-9-17-19(13-15)30-12-11-29-17/h3,6-9,13,16H,2,4-5,10-12,14H2,1H3. The molecule has 1 amide bonds. The highest BCUT2D eigenvalue weighted by atomic mass is 32.1. The second-order valence-corrected chi connectivity index (χ2v) is 8.45. The number of carbonyl (C=O) groups excluding carboxylic acids is 1. The van der Waals surface area contributed by atoms with Crippen LogP contribution in [0.25, 0.3) is 10.2 Å². The number of anilines is 1. The first kappa shape index (κ1) is 20.1. The van der Waals surface area contributed by atoms with Crippen molar-refractivity contribution in [3.8, 4) is 17.2 Å². The minimum absolute atomic E-state index is 0.000431. The molecule has 1 atom stereocenters. The molecular weight excluding hydrogens is 416 g/mol. The number of aromatic nitrogens is 1. The summed E-state index contributed by atoms with van der Waals surface area (Å²) in [5, 5.41) is 0.637. The van der Waals surface area contributed by atoms with Crippen LogP contribution < -0.4 is 19.1 Å². The van der Waals surface area contributed by atoms with Crippen molar-refractivity contribution in [3.63, 3.8) is 0 Å². The third-order valence-electron chi connectivity index (χ3n) is 5.35. The summed E-state index contributed by atoms with van der Waals surface area (Å²) in [7, 11) is 0. The summed E-state index contributed by atoms with van der Waals surface area (Å²) in [5.41, 5.74) is 1.31. The van der Waals surface area contributed by atoms with Crippen LogP contribution in [-0.2, 0) is 4.74 Å². The van der Waals surface area contributed by atoms with Gasteiger partial charge in [-0.15, -0.1) is 0 Å². The van der Waals surface area contributed by atoms with Crippen molar-refractivity contribution in [2.24, 2.45) is 0 Å². The Bertz CT molecular complexity index is 1090. The van der Waals surface area contributed by atoms with Crippen LogP contribution in [0.2, 0.25) is 0 Å². The van der Waals surface area contributed by atoms with E-state index in [0.29, 0.717) is 48.6 Å².